The number of ether oxygens (including phenoxy) is 1. The number of nitrogens with one attached hydrogen (secondary N) is 2. The van der Waals surface area contributed by atoms with E-state index in [1.54, 1.807) is 36.5 Å². The van der Waals surface area contributed by atoms with Crippen molar-refractivity contribution in [1.29, 1.82) is 0 Å². The quantitative estimate of drug-likeness (QED) is 0.830. The highest BCUT2D eigenvalue weighted by atomic mass is 16.5. The summed E-state index contributed by atoms with van der Waals surface area (Å²) in [6.07, 6.45) is 1.62. The second-order valence-corrected chi connectivity index (χ2v) is 5.25. The van der Waals surface area contributed by atoms with Crippen LogP contribution in [0.5, 0.6) is 0 Å². The summed E-state index contributed by atoms with van der Waals surface area (Å²) < 4.78 is 4.62. The van der Waals surface area contributed by atoms with E-state index in [1.165, 1.54) is 7.11 Å². The minimum absolute atomic E-state index is 0.296. The molecule has 1 aromatic heterocycles. The van der Waals surface area contributed by atoms with Crippen LogP contribution in [0.4, 0.5) is 11.4 Å². The monoisotopic (exact) mass is 313 g/mol. The minimum atomic E-state index is -0.419. The fourth-order valence-electron chi connectivity index (χ4n) is 1.95. The smallest absolute Gasteiger partial charge is 0.337 e. The summed E-state index contributed by atoms with van der Waals surface area (Å²) in [5.74, 6) is -0.732. The molecule has 0 aliphatic carbocycles. The molecule has 0 saturated carbocycles. The van der Waals surface area contributed by atoms with Crippen molar-refractivity contribution in [3.8, 4) is 0 Å². The van der Waals surface area contributed by atoms with Gasteiger partial charge < -0.3 is 15.4 Å². The molecule has 0 radical (unpaired) electrons. The van der Waals surface area contributed by atoms with Gasteiger partial charge in [0, 0.05) is 11.7 Å². The molecule has 120 valence electrons. The van der Waals surface area contributed by atoms with E-state index in [2.05, 4.69) is 20.4 Å². The van der Waals surface area contributed by atoms with Crippen LogP contribution in [0, 0.1) is 0 Å². The summed E-state index contributed by atoms with van der Waals surface area (Å²) >= 11 is 0. The number of aromatic nitrogens is 1. The first-order valence-corrected chi connectivity index (χ1v) is 7.22. The maximum atomic E-state index is 12.1. The fraction of sp³-hybridized carbons (Fsp3) is 0.235. The summed E-state index contributed by atoms with van der Waals surface area (Å²) in [5.41, 5.74) is 2.18. The molecular formula is C17H19N3O3. The van der Waals surface area contributed by atoms with Crippen LogP contribution in [0.3, 0.4) is 0 Å². The predicted molar refractivity (Wildman–Crippen MR) is 88.7 cm³/mol. The zero-order chi connectivity index (χ0) is 16.8. The van der Waals surface area contributed by atoms with E-state index >= 15 is 0 Å². The SMILES string of the molecule is COC(=O)c1ccc(NC(=O)c2ccc(NC(C)C)cn2)cc1. The fourth-order valence-corrected chi connectivity index (χ4v) is 1.95. The van der Waals surface area contributed by atoms with E-state index in [9.17, 15) is 9.59 Å². The van der Waals surface area contributed by atoms with Gasteiger partial charge in [-0.3, -0.25) is 4.79 Å². The molecule has 0 bridgehead atoms. The van der Waals surface area contributed by atoms with Crippen LogP contribution in [0.25, 0.3) is 0 Å². The Kier molecular flexibility index (Phi) is 5.30. The molecule has 1 heterocycles. The van der Waals surface area contributed by atoms with Crippen LogP contribution < -0.4 is 10.6 Å². The molecule has 0 aliphatic heterocycles. The largest absolute Gasteiger partial charge is 0.465 e. The molecule has 1 aromatic carbocycles. The van der Waals surface area contributed by atoms with Gasteiger partial charge in [0.15, 0.2) is 0 Å². The number of esters is 1. The molecule has 2 aromatic rings. The van der Waals surface area contributed by atoms with Gasteiger partial charge in [-0.25, -0.2) is 9.78 Å². The van der Waals surface area contributed by atoms with Gasteiger partial charge in [0.2, 0.25) is 0 Å². The van der Waals surface area contributed by atoms with Crippen LogP contribution in [-0.2, 0) is 4.74 Å². The number of nitrogens with zero attached hydrogens (tertiary/aromatic N) is 1. The van der Waals surface area contributed by atoms with Gasteiger partial charge in [-0.05, 0) is 50.2 Å². The number of amides is 1. The lowest BCUT2D eigenvalue weighted by Crippen LogP contribution is -2.15. The van der Waals surface area contributed by atoms with Crippen molar-refractivity contribution in [3.05, 3.63) is 53.9 Å². The standard InChI is InChI=1S/C17H19N3O3/c1-11(2)19-14-8-9-15(18-10-14)16(21)20-13-6-4-12(5-7-13)17(22)23-3/h4-11,19H,1-3H3,(H,20,21). The van der Waals surface area contributed by atoms with Crippen molar-refractivity contribution in [1.82, 2.24) is 4.98 Å². The molecule has 2 rings (SSSR count). The third-order valence-electron chi connectivity index (χ3n) is 3.02. The Balaban J connectivity index is 2.02. The molecule has 2 N–H and O–H groups in total. The summed E-state index contributed by atoms with van der Waals surface area (Å²) in [5, 5.41) is 5.93. The highest BCUT2D eigenvalue weighted by Gasteiger charge is 2.09. The van der Waals surface area contributed by atoms with E-state index in [4.69, 9.17) is 0 Å². The number of pyridine rings is 1. The lowest BCUT2D eigenvalue weighted by Gasteiger charge is -2.10. The Morgan fingerprint density at radius 2 is 1.70 bits per heavy atom. The maximum Gasteiger partial charge on any atom is 0.337 e. The minimum Gasteiger partial charge on any atom is -0.465 e. The average Bonchev–Trinajstić information content (AvgIpc) is 2.55. The average molecular weight is 313 g/mol. The highest BCUT2D eigenvalue weighted by molar-refractivity contribution is 6.03. The van der Waals surface area contributed by atoms with Crippen molar-refractivity contribution in [2.24, 2.45) is 0 Å². The number of carbonyl (C=O) groups excluding carboxylic acids is 2. The van der Waals surface area contributed by atoms with E-state index in [0.717, 1.165) is 5.69 Å². The van der Waals surface area contributed by atoms with E-state index in [-0.39, 0.29) is 5.91 Å². The summed E-state index contributed by atoms with van der Waals surface area (Å²) in [6.45, 7) is 4.05. The van der Waals surface area contributed by atoms with Gasteiger partial charge in [-0.2, -0.15) is 0 Å². The van der Waals surface area contributed by atoms with Gasteiger partial charge in [-0.15, -0.1) is 0 Å². The lowest BCUT2D eigenvalue weighted by molar-refractivity contribution is 0.0600. The van der Waals surface area contributed by atoms with E-state index in [0.29, 0.717) is 23.0 Å². The summed E-state index contributed by atoms with van der Waals surface area (Å²) in [4.78, 5) is 27.6. The highest BCUT2D eigenvalue weighted by Crippen LogP contribution is 2.13. The van der Waals surface area contributed by atoms with Gasteiger partial charge in [0.1, 0.15) is 5.69 Å². The van der Waals surface area contributed by atoms with Crippen LogP contribution >= 0.6 is 0 Å². The Labute approximate surface area is 134 Å². The Morgan fingerprint density at radius 3 is 2.22 bits per heavy atom. The molecule has 0 atom stereocenters. The van der Waals surface area contributed by atoms with Gasteiger partial charge in [0.25, 0.3) is 5.91 Å². The first-order valence-electron chi connectivity index (χ1n) is 7.22. The molecule has 6 nitrogen and oxygen atoms in total. The number of methoxy groups -OCH3 is 1. The van der Waals surface area contributed by atoms with Crippen LogP contribution in [0.2, 0.25) is 0 Å². The van der Waals surface area contributed by atoms with Crippen LogP contribution in [-0.4, -0.2) is 30.0 Å². The molecule has 6 heteroatoms. The topological polar surface area (TPSA) is 80.3 Å². The van der Waals surface area contributed by atoms with E-state index < -0.39 is 5.97 Å². The normalized spacial score (nSPS) is 10.3. The van der Waals surface area contributed by atoms with Gasteiger partial charge in [-0.1, -0.05) is 0 Å². The Bertz CT molecular complexity index is 679. The van der Waals surface area contributed by atoms with Crippen molar-refractivity contribution in [3.63, 3.8) is 0 Å². The zero-order valence-corrected chi connectivity index (χ0v) is 13.3. The Hall–Kier alpha value is -2.89. The van der Waals surface area contributed by atoms with Crippen LogP contribution in [0.15, 0.2) is 42.6 Å². The van der Waals surface area contributed by atoms with Crippen LogP contribution in [0.1, 0.15) is 34.7 Å². The van der Waals surface area contributed by atoms with E-state index in [1.807, 2.05) is 19.9 Å². The number of anilines is 2. The summed E-state index contributed by atoms with van der Waals surface area (Å²) in [7, 11) is 1.32. The number of hydrogen-bond donors (Lipinski definition) is 2. The van der Waals surface area contributed by atoms with Crippen molar-refractivity contribution in [2.75, 3.05) is 17.7 Å². The second-order valence-electron chi connectivity index (χ2n) is 5.25. The number of benzene rings is 1. The van der Waals surface area contributed by atoms with Gasteiger partial charge in [0.05, 0.1) is 24.6 Å². The van der Waals surface area contributed by atoms with Gasteiger partial charge >= 0.3 is 5.97 Å². The number of rotatable bonds is 5. The van der Waals surface area contributed by atoms with Crippen molar-refractivity contribution in [2.45, 2.75) is 19.9 Å². The molecule has 0 spiro atoms. The molecule has 0 fully saturated rings. The first kappa shape index (κ1) is 16.5. The molecule has 1 amide bonds. The number of carbonyl (C=O) groups is 2. The predicted octanol–water partition coefficient (Wildman–Crippen LogP) is 2.94. The Morgan fingerprint density at radius 1 is 1.04 bits per heavy atom. The molecular weight excluding hydrogens is 294 g/mol. The maximum absolute atomic E-state index is 12.1. The summed E-state index contributed by atoms with van der Waals surface area (Å²) in [6, 6.07) is 10.2. The molecule has 0 saturated heterocycles. The van der Waals surface area contributed by atoms with Crippen molar-refractivity contribution < 1.29 is 14.3 Å². The third kappa shape index (κ3) is 4.54. The molecule has 23 heavy (non-hydrogen) atoms. The van der Waals surface area contributed by atoms with Crippen molar-refractivity contribution >= 4 is 23.3 Å². The third-order valence-corrected chi connectivity index (χ3v) is 3.02. The second kappa shape index (κ2) is 7.40. The number of hydrogen-bond acceptors (Lipinski definition) is 5. The first-order chi connectivity index (χ1) is 11.0. The molecule has 0 aliphatic rings. The lowest BCUT2D eigenvalue weighted by atomic mass is 10.2. The zero-order valence-electron chi connectivity index (χ0n) is 13.3. The molecule has 0 unspecified atom stereocenters.